The lowest BCUT2D eigenvalue weighted by Crippen LogP contribution is -2.48. The summed E-state index contributed by atoms with van der Waals surface area (Å²) in [5.74, 6) is -0.584. The second kappa shape index (κ2) is 14.8. The zero-order valence-corrected chi connectivity index (χ0v) is 25.1. The summed E-state index contributed by atoms with van der Waals surface area (Å²) in [6, 6.07) is 8.42. The number of anilines is 1. The van der Waals surface area contributed by atoms with Gasteiger partial charge in [-0.1, -0.05) is 38.1 Å². The zero-order valence-electron chi connectivity index (χ0n) is 25.1. The number of ether oxygens (including phenoxy) is 2. The fourth-order valence-electron chi connectivity index (χ4n) is 5.71. The maximum Gasteiger partial charge on any atom is 0.410 e. The number of aliphatic hydroxyl groups excluding tert-OH is 1. The second-order valence-electron chi connectivity index (χ2n) is 11.9. The Morgan fingerprint density at radius 2 is 1.80 bits per heavy atom. The van der Waals surface area contributed by atoms with Crippen molar-refractivity contribution in [1.82, 2.24) is 15.1 Å². The molecule has 5 atom stereocenters. The van der Waals surface area contributed by atoms with Crippen molar-refractivity contribution in [2.24, 2.45) is 11.8 Å². The molecule has 1 amide bonds. The monoisotopic (exact) mass is 568 g/mol. The van der Waals surface area contributed by atoms with Crippen molar-refractivity contribution in [1.29, 1.82) is 0 Å². The Balaban J connectivity index is 1.53. The van der Waals surface area contributed by atoms with Crippen LogP contribution < -0.4 is 10.2 Å². The van der Waals surface area contributed by atoms with Crippen LogP contribution >= 0.6 is 0 Å². The van der Waals surface area contributed by atoms with Gasteiger partial charge in [0.2, 0.25) is 0 Å². The van der Waals surface area contributed by atoms with Crippen LogP contribution in [0.15, 0.2) is 42.0 Å². The first-order valence-electron chi connectivity index (χ1n) is 15.1. The van der Waals surface area contributed by atoms with Crippen LogP contribution in [0.1, 0.15) is 45.6 Å². The molecule has 0 aliphatic carbocycles. The van der Waals surface area contributed by atoms with E-state index in [-0.39, 0.29) is 24.3 Å². The van der Waals surface area contributed by atoms with Gasteiger partial charge in [0.05, 0.1) is 12.5 Å². The maximum atomic E-state index is 13.0. The van der Waals surface area contributed by atoms with Crippen molar-refractivity contribution < 1.29 is 24.2 Å². The fourth-order valence-corrected chi connectivity index (χ4v) is 5.71. The molecule has 1 aromatic rings. The molecule has 3 aliphatic rings. The van der Waals surface area contributed by atoms with E-state index < -0.39 is 24.3 Å². The van der Waals surface area contributed by atoms with E-state index in [9.17, 15) is 14.7 Å². The van der Waals surface area contributed by atoms with Gasteiger partial charge in [0.25, 0.3) is 0 Å². The van der Waals surface area contributed by atoms with Gasteiger partial charge in [0.1, 0.15) is 12.2 Å². The van der Waals surface area contributed by atoms with Gasteiger partial charge in [-0.2, -0.15) is 0 Å². The topological polar surface area (TPSA) is 94.6 Å². The number of esters is 1. The highest BCUT2D eigenvalue weighted by molar-refractivity contribution is 5.71. The van der Waals surface area contributed by atoms with Crippen LogP contribution in [0, 0.1) is 11.8 Å². The predicted octanol–water partition coefficient (Wildman–Crippen LogP) is 3.54. The molecule has 2 saturated heterocycles. The maximum absolute atomic E-state index is 13.0. The molecule has 4 rings (SSSR count). The van der Waals surface area contributed by atoms with E-state index in [0.717, 1.165) is 50.4 Å². The summed E-state index contributed by atoms with van der Waals surface area (Å²) in [7, 11) is 2.05. The molecule has 41 heavy (non-hydrogen) atoms. The van der Waals surface area contributed by atoms with Crippen LogP contribution in [0.2, 0.25) is 0 Å². The molecule has 3 aliphatic heterocycles. The molecule has 0 spiro atoms. The van der Waals surface area contributed by atoms with Crippen molar-refractivity contribution in [3.63, 3.8) is 0 Å². The summed E-state index contributed by atoms with van der Waals surface area (Å²) < 4.78 is 12.0. The van der Waals surface area contributed by atoms with E-state index in [1.807, 2.05) is 32.9 Å². The number of likely N-dealkylation sites (N-methyl/N-ethyl adjacent to an activating group) is 1. The highest BCUT2D eigenvalue weighted by Gasteiger charge is 2.29. The third-order valence-electron chi connectivity index (χ3n) is 8.45. The first kappa shape index (κ1) is 31.1. The van der Waals surface area contributed by atoms with Crippen LogP contribution in [-0.4, -0.2) is 105 Å². The minimum absolute atomic E-state index is 0.0113. The van der Waals surface area contributed by atoms with Crippen molar-refractivity contribution >= 4 is 23.8 Å². The first-order valence-corrected chi connectivity index (χ1v) is 15.1. The number of amides is 1. The number of benzene rings is 1. The lowest BCUT2D eigenvalue weighted by molar-refractivity contribution is -0.151. The number of rotatable bonds is 4. The summed E-state index contributed by atoms with van der Waals surface area (Å²) in [5.41, 5.74) is 3.14. The molecule has 3 heterocycles. The highest BCUT2D eigenvalue weighted by atomic mass is 16.6. The number of piperazine rings is 2. The standard InChI is InChI=1S/C32H48N4O5/c1-23-8-10-28(37)22-30(38)41-31(24(2)9-11-29(23)40-32(39)36-18-16-34(4)17-19-36)25(3)20-26-6-5-7-27(21-26)35-14-12-33-13-15-35/h5-7,9,11,20-21,23-24,28-29,31,33,37H,8,10,12-19,22H2,1-4H3/b11-9+,25-20+/t23-,24-,28+,29-,31-/m0/s1. The minimum Gasteiger partial charge on any atom is -0.457 e. The van der Waals surface area contributed by atoms with E-state index in [2.05, 4.69) is 52.5 Å². The summed E-state index contributed by atoms with van der Waals surface area (Å²) in [6.07, 6.45) is 4.95. The Bertz CT molecular complexity index is 1080. The number of cyclic esters (lactones) is 1. The quantitative estimate of drug-likeness (QED) is 0.421. The van der Waals surface area contributed by atoms with Crippen molar-refractivity contribution in [2.45, 2.75) is 58.3 Å². The SMILES string of the molecule is C/C(=C\c1cccc(N2CCNCC2)c1)[C@H]1OC(=O)C[C@H](O)CC[C@H](C)[C@@H](OC(=O)N2CCN(C)CC2)/C=C/[C@@H]1C. The van der Waals surface area contributed by atoms with Crippen LogP contribution in [0.5, 0.6) is 0 Å². The van der Waals surface area contributed by atoms with Crippen molar-refractivity contribution in [3.05, 3.63) is 47.6 Å². The Morgan fingerprint density at radius 3 is 2.54 bits per heavy atom. The van der Waals surface area contributed by atoms with E-state index >= 15 is 0 Å². The number of nitrogens with one attached hydrogen (secondary N) is 1. The average Bonchev–Trinajstić information content (AvgIpc) is 2.97. The van der Waals surface area contributed by atoms with Crippen LogP contribution in [0.25, 0.3) is 6.08 Å². The molecule has 2 N–H and O–H groups in total. The smallest absolute Gasteiger partial charge is 0.410 e. The molecule has 0 saturated carbocycles. The van der Waals surface area contributed by atoms with Gasteiger partial charge in [-0.05, 0) is 62.1 Å². The average molecular weight is 569 g/mol. The number of carbonyl (C=O) groups excluding carboxylic acids is 2. The zero-order chi connectivity index (χ0) is 29.4. The second-order valence-corrected chi connectivity index (χ2v) is 11.9. The van der Waals surface area contributed by atoms with Gasteiger partial charge >= 0.3 is 12.1 Å². The minimum atomic E-state index is -0.807. The van der Waals surface area contributed by atoms with Crippen LogP contribution in [0.3, 0.4) is 0 Å². The summed E-state index contributed by atoms with van der Waals surface area (Å²) in [6.45, 7) is 12.8. The molecule has 226 valence electrons. The Labute approximate surface area is 245 Å². The number of hydrogen-bond donors (Lipinski definition) is 2. The molecule has 0 aromatic heterocycles. The van der Waals surface area contributed by atoms with Gasteiger partial charge < -0.3 is 34.6 Å². The molecule has 9 heteroatoms. The molecule has 0 radical (unpaired) electrons. The molecule has 2 fully saturated rings. The number of aliphatic hydroxyl groups is 1. The summed E-state index contributed by atoms with van der Waals surface area (Å²) in [5, 5.41) is 14.0. The lowest BCUT2D eigenvalue weighted by atomic mass is 9.91. The Hall–Kier alpha value is -2.88. The van der Waals surface area contributed by atoms with Crippen molar-refractivity contribution in [2.75, 3.05) is 64.3 Å². The lowest BCUT2D eigenvalue weighted by Gasteiger charge is -2.33. The largest absolute Gasteiger partial charge is 0.457 e. The molecule has 1 aromatic carbocycles. The van der Waals surface area contributed by atoms with Crippen molar-refractivity contribution in [3.8, 4) is 0 Å². The molecular weight excluding hydrogens is 520 g/mol. The van der Waals surface area contributed by atoms with E-state index in [0.29, 0.717) is 25.9 Å². The molecule has 0 unspecified atom stereocenters. The Kier molecular flexibility index (Phi) is 11.2. The molecule has 0 bridgehead atoms. The molecular formula is C32H48N4O5. The Morgan fingerprint density at radius 1 is 1.07 bits per heavy atom. The highest BCUT2D eigenvalue weighted by Crippen LogP contribution is 2.27. The van der Waals surface area contributed by atoms with Gasteiger partial charge in [-0.25, -0.2) is 4.79 Å². The number of carbonyl (C=O) groups is 2. The first-order chi connectivity index (χ1) is 19.7. The van der Waals surface area contributed by atoms with E-state index in [1.165, 1.54) is 5.69 Å². The van der Waals surface area contributed by atoms with Gasteiger partial charge in [0, 0.05) is 64.0 Å². The normalized spacial score (nSPS) is 30.1. The van der Waals surface area contributed by atoms with Crippen LogP contribution in [0.4, 0.5) is 10.5 Å². The van der Waals surface area contributed by atoms with E-state index in [1.54, 1.807) is 4.90 Å². The van der Waals surface area contributed by atoms with Gasteiger partial charge in [-0.15, -0.1) is 0 Å². The molecule has 9 nitrogen and oxygen atoms in total. The van der Waals surface area contributed by atoms with Gasteiger partial charge in [0.15, 0.2) is 0 Å². The number of hydrogen-bond acceptors (Lipinski definition) is 8. The summed E-state index contributed by atoms with van der Waals surface area (Å²) in [4.78, 5) is 32.2. The third-order valence-corrected chi connectivity index (χ3v) is 8.45. The predicted molar refractivity (Wildman–Crippen MR) is 162 cm³/mol. The summed E-state index contributed by atoms with van der Waals surface area (Å²) >= 11 is 0. The van der Waals surface area contributed by atoms with Crippen LogP contribution in [-0.2, 0) is 14.3 Å². The third kappa shape index (κ3) is 9.05. The van der Waals surface area contributed by atoms with E-state index in [4.69, 9.17) is 9.47 Å². The number of nitrogens with zero attached hydrogens (tertiary/aromatic N) is 3. The van der Waals surface area contributed by atoms with Gasteiger partial charge in [-0.3, -0.25) is 4.79 Å². The fraction of sp³-hybridized carbons (Fsp3) is 0.625.